The van der Waals surface area contributed by atoms with Gasteiger partial charge >= 0.3 is 0 Å². The van der Waals surface area contributed by atoms with Gasteiger partial charge in [0.1, 0.15) is 5.75 Å². The maximum Gasteiger partial charge on any atom is 0.262 e. The van der Waals surface area contributed by atoms with Gasteiger partial charge < -0.3 is 15.0 Å². The minimum atomic E-state index is -0.173. The van der Waals surface area contributed by atoms with Crippen molar-refractivity contribution >= 4 is 28.8 Å². The van der Waals surface area contributed by atoms with Gasteiger partial charge in [-0.3, -0.25) is 14.5 Å². The van der Waals surface area contributed by atoms with Gasteiger partial charge in [-0.1, -0.05) is 6.07 Å². The highest BCUT2D eigenvalue weighted by atomic mass is 32.1. The molecule has 25 heavy (non-hydrogen) atoms. The number of anilines is 1. The number of rotatable bonds is 3. The normalized spacial score (nSPS) is 17.6. The number of amides is 2. The summed E-state index contributed by atoms with van der Waals surface area (Å²) in [6.45, 7) is 4.14. The molecule has 1 aromatic carbocycles. The van der Waals surface area contributed by atoms with Crippen LogP contribution in [0.15, 0.2) is 35.7 Å². The number of fused-ring (bicyclic) bond motifs is 1. The molecule has 0 aliphatic carbocycles. The smallest absolute Gasteiger partial charge is 0.262 e. The number of nitrogens with one attached hydrogen (secondary N) is 1. The van der Waals surface area contributed by atoms with E-state index in [-0.39, 0.29) is 18.4 Å². The average Bonchev–Trinajstić information content (AvgIpc) is 3.14. The summed E-state index contributed by atoms with van der Waals surface area (Å²) in [5.41, 5.74) is 1.22. The van der Waals surface area contributed by atoms with Crippen LogP contribution in [-0.4, -0.2) is 54.4 Å². The van der Waals surface area contributed by atoms with Gasteiger partial charge in [-0.2, -0.15) is 0 Å². The van der Waals surface area contributed by atoms with E-state index in [2.05, 4.69) is 27.7 Å². The molecule has 2 aromatic rings. The van der Waals surface area contributed by atoms with E-state index < -0.39 is 0 Å². The van der Waals surface area contributed by atoms with Crippen molar-refractivity contribution in [2.75, 3.05) is 38.1 Å². The highest BCUT2D eigenvalue weighted by molar-refractivity contribution is 7.09. The Morgan fingerprint density at radius 3 is 2.80 bits per heavy atom. The van der Waals surface area contributed by atoms with Gasteiger partial charge in [-0.25, -0.2) is 0 Å². The molecule has 2 amide bonds. The van der Waals surface area contributed by atoms with Crippen LogP contribution in [0, 0.1) is 0 Å². The van der Waals surface area contributed by atoms with Crippen molar-refractivity contribution in [2.24, 2.45) is 0 Å². The summed E-state index contributed by atoms with van der Waals surface area (Å²) >= 11 is 1.77. The summed E-state index contributed by atoms with van der Waals surface area (Å²) in [5.74, 6) is 0.397. The Morgan fingerprint density at radius 1 is 1.20 bits per heavy atom. The number of carbonyl (C=O) groups excluding carboxylic acids is 2. The summed E-state index contributed by atoms with van der Waals surface area (Å²) in [4.78, 5) is 29.7. The van der Waals surface area contributed by atoms with Gasteiger partial charge in [-0.05, 0) is 29.6 Å². The van der Waals surface area contributed by atoms with Gasteiger partial charge in [0.25, 0.3) is 11.8 Å². The molecule has 130 valence electrons. The first-order valence-corrected chi connectivity index (χ1v) is 9.18. The Morgan fingerprint density at radius 2 is 2.04 bits per heavy atom. The lowest BCUT2D eigenvalue weighted by atomic mass is 10.1. The third kappa shape index (κ3) is 3.52. The van der Waals surface area contributed by atoms with Crippen LogP contribution >= 0.6 is 11.3 Å². The Hall–Kier alpha value is -2.38. The zero-order valence-corrected chi connectivity index (χ0v) is 14.6. The van der Waals surface area contributed by atoms with Crippen LogP contribution in [-0.2, 0) is 11.3 Å². The molecular weight excluding hydrogens is 338 g/mol. The molecule has 2 aliphatic heterocycles. The topological polar surface area (TPSA) is 61.9 Å². The summed E-state index contributed by atoms with van der Waals surface area (Å²) < 4.78 is 5.40. The highest BCUT2D eigenvalue weighted by Crippen LogP contribution is 2.29. The number of piperazine rings is 1. The van der Waals surface area contributed by atoms with Gasteiger partial charge in [0, 0.05) is 43.2 Å². The van der Waals surface area contributed by atoms with Gasteiger partial charge in [0.15, 0.2) is 6.61 Å². The van der Waals surface area contributed by atoms with Crippen LogP contribution in [0.2, 0.25) is 0 Å². The number of hydrogen-bond acceptors (Lipinski definition) is 5. The molecule has 0 radical (unpaired) electrons. The largest absolute Gasteiger partial charge is 0.482 e. The Kier molecular flexibility index (Phi) is 4.42. The van der Waals surface area contributed by atoms with Crippen molar-refractivity contribution < 1.29 is 14.3 Å². The van der Waals surface area contributed by atoms with Gasteiger partial charge in [0.2, 0.25) is 0 Å². The molecule has 1 saturated heterocycles. The molecule has 4 rings (SSSR count). The molecule has 1 fully saturated rings. The van der Waals surface area contributed by atoms with Crippen LogP contribution in [0.4, 0.5) is 5.69 Å². The number of benzene rings is 1. The minimum absolute atomic E-state index is 0.00790. The number of ether oxygens (including phenoxy) is 1. The third-order valence-electron chi connectivity index (χ3n) is 4.48. The summed E-state index contributed by atoms with van der Waals surface area (Å²) in [7, 11) is 0. The monoisotopic (exact) mass is 357 g/mol. The van der Waals surface area contributed by atoms with Gasteiger partial charge in [0.05, 0.1) is 5.69 Å². The predicted molar refractivity (Wildman–Crippen MR) is 96.1 cm³/mol. The van der Waals surface area contributed by atoms with Crippen molar-refractivity contribution in [2.45, 2.75) is 6.54 Å². The zero-order chi connectivity index (χ0) is 17.2. The molecule has 7 heteroatoms. The van der Waals surface area contributed by atoms with E-state index in [1.165, 1.54) is 4.88 Å². The van der Waals surface area contributed by atoms with E-state index in [1.54, 1.807) is 29.5 Å². The number of carbonyl (C=O) groups is 2. The molecule has 1 aromatic heterocycles. The standard InChI is InChI=1S/C18H19N3O3S/c22-17-12-24-16-10-13(3-4-15(16)19-17)18(23)21-7-5-20(6-8-21)11-14-2-1-9-25-14/h1-4,9-10H,5-8,11-12H2,(H,19,22). The molecule has 0 saturated carbocycles. The second-order valence-electron chi connectivity index (χ2n) is 6.20. The molecule has 1 N–H and O–H groups in total. The first kappa shape index (κ1) is 16.1. The summed E-state index contributed by atoms with van der Waals surface area (Å²) in [6.07, 6.45) is 0. The lowest BCUT2D eigenvalue weighted by Crippen LogP contribution is -2.48. The molecule has 6 nitrogen and oxygen atoms in total. The molecular formula is C18H19N3O3S. The van der Waals surface area contributed by atoms with E-state index in [4.69, 9.17) is 4.74 Å². The number of hydrogen-bond donors (Lipinski definition) is 1. The first-order chi connectivity index (χ1) is 12.2. The quantitative estimate of drug-likeness (QED) is 0.913. The van der Waals surface area contributed by atoms with Crippen LogP contribution in [0.25, 0.3) is 0 Å². The molecule has 3 heterocycles. The van der Waals surface area contributed by atoms with Gasteiger partial charge in [-0.15, -0.1) is 11.3 Å². The molecule has 0 unspecified atom stereocenters. The van der Waals surface area contributed by atoms with Crippen LogP contribution < -0.4 is 10.1 Å². The fourth-order valence-electron chi connectivity index (χ4n) is 3.12. The highest BCUT2D eigenvalue weighted by Gasteiger charge is 2.24. The van der Waals surface area contributed by atoms with E-state index >= 15 is 0 Å². The van der Waals surface area contributed by atoms with Crippen molar-refractivity contribution in [1.29, 1.82) is 0 Å². The summed E-state index contributed by atoms with van der Waals surface area (Å²) in [5, 5.41) is 4.83. The second kappa shape index (κ2) is 6.85. The minimum Gasteiger partial charge on any atom is -0.482 e. The maximum absolute atomic E-state index is 12.7. The lowest BCUT2D eigenvalue weighted by molar-refractivity contribution is -0.118. The summed E-state index contributed by atoms with van der Waals surface area (Å²) in [6, 6.07) is 9.41. The SMILES string of the molecule is O=C1COc2cc(C(=O)N3CCN(Cc4cccs4)CC3)ccc2N1. The third-order valence-corrected chi connectivity index (χ3v) is 5.34. The molecule has 0 spiro atoms. The van der Waals surface area contributed by atoms with E-state index in [0.29, 0.717) is 17.0 Å². The molecule has 0 bridgehead atoms. The van der Waals surface area contributed by atoms with E-state index in [1.807, 2.05) is 4.90 Å². The fraction of sp³-hybridized carbons (Fsp3) is 0.333. The van der Waals surface area contributed by atoms with Crippen LogP contribution in [0.5, 0.6) is 5.75 Å². The zero-order valence-electron chi connectivity index (χ0n) is 13.7. The van der Waals surface area contributed by atoms with Crippen LogP contribution in [0.3, 0.4) is 0 Å². The second-order valence-corrected chi connectivity index (χ2v) is 7.23. The number of thiophene rings is 1. The van der Waals surface area contributed by atoms with Crippen molar-refractivity contribution in [3.8, 4) is 5.75 Å². The Bertz CT molecular complexity index is 783. The Balaban J connectivity index is 1.38. The Labute approximate surface area is 150 Å². The van der Waals surface area contributed by atoms with Crippen molar-refractivity contribution in [3.63, 3.8) is 0 Å². The van der Waals surface area contributed by atoms with Crippen molar-refractivity contribution in [3.05, 3.63) is 46.2 Å². The van der Waals surface area contributed by atoms with Crippen molar-refractivity contribution in [1.82, 2.24) is 9.80 Å². The number of nitrogens with zero attached hydrogens (tertiary/aromatic N) is 2. The fourth-order valence-corrected chi connectivity index (χ4v) is 3.87. The maximum atomic E-state index is 12.7. The first-order valence-electron chi connectivity index (χ1n) is 8.30. The van der Waals surface area contributed by atoms with E-state index in [9.17, 15) is 9.59 Å². The van der Waals surface area contributed by atoms with Crippen LogP contribution in [0.1, 0.15) is 15.2 Å². The average molecular weight is 357 g/mol. The lowest BCUT2D eigenvalue weighted by Gasteiger charge is -2.34. The molecule has 2 aliphatic rings. The predicted octanol–water partition coefficient (Wildman–Crippen LogP) is 2.04. The van der Waals surface area contributed by atoms with E-state index in [0.717, 1.165) is 32.7 Å². The molecule has 0 atom stereocenters.